The van der Waals surface area contributed by atoms with Crippen LogP contribution < -0.4 is 0 Å². The van der Waals surface area contributed by atoms with E-state index < -0.39 is 0 Å². The summed E-state index contributed by atoms with van der Waals surface area (Å²) in [7, 11) is 0. The lowest BCUT2D eigenvalue weighted by molar-refractivity contribution is 0.440. The van der Waals surface area contributed by atoms with Crippen molar-refractivity contribution in [2.75, 3.05) is 0 Å². The van der Waals surface area contributed by atoms with Crippen molar-refractivity contribution in [2.24, 2.45) is 0 Å². The first-order valence-electron chi connectivity index (χ1n) is 5.76. The molecule has 0 saturated heterocycles. The van der Waals surface area contributed by atoms with Gasteiger partial charge in [-0.05, 0) is 34.9 Å². The summed E-state index contributed by atoms with van der Waals surface area (Å²) in [5.41, 5.74) is 3.45. The van der Waals surface area contributed by atoms with Gasteiger partial charge in [-0.3, -0.25) is 0 Å². The lowest BCUT2D eigenvalue weighted by Gasteiger charge is -2.23. The van der Waals surface area contributed by atoms with Gasteiger partial charge in [-0.25, -0.2) is 0 Å². The van der Waals surface area contributed by atoms with Gasteiger partial charge in [0.15, 0.2) is 0 Å². The number of phenols is 1. The van der Waals surface area contributed by atoms with E-state index in [2.05, 4.69) is 46.8 Å². The number of hydrogen-bond donors (Lipinski definition) is 1. The zero-order valence-electron chi connectivity index (χ0n) is 10.5. The molecule has 0 radical (unpaired) electrons. The summed E-state index contributed by atoms with van der Waals surface area (Å²) in [6, 6.07) is 4.21. The molecular weight excluding hydrogens is 184 g/mol. The smallest absolute Gasteiger partial charge is 0.122 e. The van der Waals surface area contributed by atoms with Crippen LogP contribution in [0.15, 0.2) is 12.1 Å². The summed E-state index contributed by atoms with van der Waals surface area (Å²) >= 11 is 0. The third-order valence-corrected chi connectivity index (χ3v) is 2.92. The van der Waals surface area contributed by atoms with Crippen molar-refractivity contribution in [1.82, 2.24) is 0 Å². The van der Waals surface area contributed by atoms with Gasteiger partial charge in [0.05, 0.1) is 0 Å². The molecule has 0 atom stereocenters. The minimum Gasteiger partial charge on any atom is -0.507 e. The Hall–Kier alpha value is -0.980. The van der Waals surface area contributed by atoms with Crippen LogP contribution in [0.25, 0.3) is 0 Å². The molecule has 0 spiro atoms. The molecule has 0 aliphatic heterocycles. The van der Waals surface area contributed by atoms with E-state index in [0.29, 0.717) is 5.75 Å². The van der Waals surface area contributed by atoms with E-state index in [9.17, 15) is 5.11 Å². The van der Waals surface area contributed by atoms with Gasteiger partial charge >= 0.3 is 0 Å². The van der Waals surface area contributed by atoms with Crippen molar-refractivity contribution >= 4 is 0 Å². The molecule has 1 nitrogen and oxygen atoms in total. The van der Waals surface area contributed by atoms with Crippen LogP contribution in [0.1, 0.15) is 51.3 Å². The highest BCUT2D eigenvalue weighted by Gasteiger charge is 2.20. The molecule has 0 saturated carbocycles. The minimum absolute atomic E-state index is 0.0142. The Labute approximate surface area is 93.1 Å². The highest BCUT2D eigenvalue weighted by Crippen LogP contribution is 2.35. The van der Waals surface area contributed by atoms with Gasteiger partial charge in [-0.15, -0.1) is 0 Å². The van der Waals surface area contributed by atoms with Crippen LogP contribution >= 0.6 is 0 Å². The Morgan fingerprint density at radius 2 is 1.67 bits per heavy atom. The molecule has 1 N–H and O–H groups in total. The Balaban J connectivity index is 3.36. The second kappa shape index (κ2) is 4.26. The minimum atomic E-state index is 0.0142. The molecule has 0 amide bonds. The molecule has 1 heteroatoms. The number of phenolic OH excluding ortho intramolecular Hbond substituents is 1. The molecule has 1 aromatic carbocycles. The van der Waals surface area contributed by atoms with Crippen molar-refractivity contribution in [3.63, 3.8) is 0 Å². The predicted octanol–water partition coefficient (Wildman–Crippen LogP) is 3.81. The number of benzene rings is 1. The normalized spacial score (nSPS) is 11.8. The lowest BCUT2D eigenvalue weighted by atomic mass is 9.83. The van der Waals surface area contributed by atoms with Crippen LogP contribution in [-0.2, 0) is 18.3 Å². The SMILES string of the molecule is CCc1ccc(C(C)(C)C)c(O)c1CC. The van der Waals surface area contributed by atoms with Crippen molar-refractivity contribution in [1.29, 1.82) is 0 Å². The average molecular weight is 206 g/mol. The van der Waals surface area contributed by atoms with E-state index in [1.54, 1.807) is 0 Å². The maximum absolute atomic E-state index is 10.2. The second-order valence-corrected chi connectivity index (χ2v) is 5.06. The monoisotopic (exact) mass is 206 g/mol. The Morgan fingerprint density at radius 1 is 1.07 bits per heavy atom. The Morgan fingerprint density at radius 3 is 2.07 bits per heavy atom. The van der Waals surface area contributed by atoms with Gasteiger partial charge in [-0.1, -0.05) is 46.8 Å². The molecule has 0 fully saturated rings. The van der Waals surface area contributed by atoms with Gasteiger partial charge in [-0.2, -0.15) is 0 Å². The zero-order chi connectivity index (χ0) is 11.6. The van der Waals surface area contributed by atoms with Gasteiger partial charge in [0.25, 0.3) is 0 Å². The molecule has 0 aliphatic carbocycles. The molecule has 0 heterocycles. The summed E-state index contributed by atoms with van der Waals surface area (Å²) in [5.74, 6) is 0.504. The van der Waals surface area contributed by atoms with E-state index in [1.807, 2.05) is 0 Å². The van der Waals surface area contributed by atoms with Crippen molar-refractivity contribution in [3.05, 3.63) is 28.8 Å². The fraction of sp³-hybridized carbons (Fsp3) is 0.571. The first-order chi connectivity index (χ1) is 6.91. The van der Waals surface area contributed by atoms with Crippen LogP contribution in [0, 0.1) is 0 Å². The third-order valence-electron chi connectivity index (χ3n) is 2.92. The first-order valence-corrected chi connectivity index (χ1v) is 5.76. The number of rotatable bonds is 2. The van der Waals surface area contributed by atoms with Crippen molar-refractivity contribution in [2.45, 2.75) is 52.9 Å². The summed E-state index contributed by atoms with van der Waals surface area (Å²) < 4.78 is 0. The maximum Gasteiger partial charge on any atom is 0.122 e. The molecule has 0 unspecified atom stereocenters. The van der Waals surface area contributed by atoms with Crippen LogP contribution in [0.2, 0.25) is 0 Å². The van der Waals surface area contributed by atoms with E-state index >= 15 is 0 Å². The lowest BCUT2D eigenvalue weighted by Crippen LogP contribution is -2.12. The fourth-order valence-corrected chi connectivity index (χ4v) is 2.01. The summed E-state index contributed by atoms with van der Waals surface area (Å²) in [6.45, 7) is 10.6. The number of hydrogen-bond acceptors (Lipinski definition) is 1. The standard InChI is InChI=1S/C14H22O/c1-6-10-8-9-12(14(3,4)5)13(15)11(10)7-2/h8-9,15H,6-7H2,1-5H3. The van der Waals surface area contributed by atoms with E-state index in [-0.39, 0.29) is 5.41 Å². The molecule has 0 bridgehead atoms. The van der Waals surface area contributed by atoms with E-state index in [4.69, 9.17) is 0 Å². The third kappa shape index (κ3) is 2.34. The summed E-state index contributed by atoms with van der Waals surface area (Å²) in [5, 5.41) is 10.2. The Kier molecular flexibility index (Phi) is 3.43. The van der Waals surface area contributed by atoms with E-state index in [1.165, 1.54) is 5.56 Å². The number of aryl methyl sites for hydroxylation is 1. The second-order valence-electron chi connectivity index (χ2n) is 5.06. The molecule has 0 aliphatic rings. The molecular formula is C14H22O. The van der Waals surface area contributed by atoms with Gasteiger partial charge in [0.2, 0.25) is 0 Å². The summed E-state index contributed by atoms with van der Waals surface area (Å²) in [6.07, 6.45) is 1.89. The van der Waals surface area contributed by atoms with E-state index in [0.717, 1.165) is 24.0 Å². The average Bonchev–Trinajstić information content (AvgIpc) is 2.15. The largest absolute Gasteiger partial charge is 0.507 e. The van der Waals surface area contributed by atoms with Crippen LogP contribution in [0.3, 0.4) is 0 Å². The predicted molar refractivity (Wildman–Crippen MR) is 65.6 cm³/mol. The molecule has 84 valence electrons. The highest BCUT2D eigenvalue weighted by atomic mass is 16.3. The Bertz CT molecular complexity index is 345. The summed E-state index contributed by atoms with van der Waals surface area (Å²) in [4.78, 5) is 0. The van der Waals surface area contributed by atoms with Gasteiger partial charge in [0, 0.05) is 0 Å². The molecule has 0 aromatic heterocycles. The topological polar surface area (TPSA) is 20.2 Å². The van der Waals surface area contributed by atoms with Gasteiger partial charge < -0.3 is 5.11 Å². The van der Waals surface area contributed by atoms with Crippen LogP contribution in [-0.4, -0.2) is 5.11 Å². The molecule has 1 aromatic rings. The van der Waals surface area contributed by atoms with Crippen LogP contribution in [0.4, 0.5) is 0 Å². The highest BCUT2D eigenvalue weighted by molar-refractivity contribution is 5.48. The van der Waals surface area contributed by atoms with Crippen molar-refractivity contribution < 1.29 is 5.11 Å². The zero-order valence-corrected chi connectivity index (χ0v) is 10.5. The van der Waals surface area contributed by atoms with Gasteiger partial charge in [0.1, 0.15) is 5.75 Å². The molecule has 15 heavy (non-hydrogen) atoms. The quantitative estimate of drug-likeness (QED) is 0.780. The number of aromatic hydroxyl groups is 1. The first kappa shape index (κ1) is 12.1. The fourth-order valence-electron chi connectivity index (χ4n) is 2.01. The van der Waals surface area contributed by atoms with Crippen LogP contribution in [0.5, 0.6) is 5.75 Å². The molecule has 1 rings (SSSR count). The van der Waals surface area contributed by atoms with Crippen molar-refractivity contribution in [3.8, 4) is 5.75 Å². The maximum atomic E-state index is 10.2.